The number of hydrogen-bond donors (Lipinski definition) is 27. The number of aromatic nitrogens is 1. The van der Waals surface area contributed by atoms with Crippen molar-refractivity contribution >= 4 is 112 Å². The van der Waals surface area contributed by atoms with Crippen LogP contribution >= 0.6 is 0 Å². The molecule has 1 aliphatic rings. The number of carbonyl (C=O) groups is 13. The molecule has 0 saturated heterocycles. The highest BCUT2D eigenvalue weighted by Gasteiger charge is 2.39. The summed E-state index contributed by atoms with van der Waals surface area (Å²) in [6.07, 6.45) is 0.172. The fourth-order valence-electron chi connectivity index (χ4n) is 13.7. The molecule has 6 rings (SSSR count). The molecule has 40 nitrogen and oxygen atoms in total. The topological polar surface area (TPSA) is 698 Å². The molecule has 1 aromatic heterocycles. The van der Waals surface area contributed by atoms with Gasteiger partial charge in [0.2, 0.25) is 70.8 Å². The number of benzene rings is 4. The number of amides is 11. The van der Waals surface area contributed by atoms with Crippen LogP contribution in [0.4, 0.5) is 22.0 Å². The Hall–Kier alpha value is -13.5. The Kier molecular flexibility index (Phi) is 40.8. The summed E-state index contributed by atoms with van der Waals surface area (Å²) < 4.78 is 76.9. The maximum Gasteiger partial charge on any atom is 0.245 e. The van der Waals surface area contributed by atoms with Crippen molar-refractivity contribution in [2.45, 2.75) is 188 Å². The van der Waals surface area contributed by atoms with Gasteiger partial charge in [-0.1, -0.05) is 105 Å². The van der Waals surface area contributed by atoms with Crippen molar-refractivity contribution in [2.24, 2.45) is 40.3 Å². The maximum absolute atomic E-state index is 15.9. The predicted molar refractivity (Wildman–Crippen MR) is 446 cm³/mol. The zero-order chi connectivity index (χ0) is 92.0. The van der Waals surface area contributed by atoms with Gasteiger partial charge in [0, 0.05) is 79.2 Å². The molecule has 33 N–H and O–H groups in total. The lowest BCUT2D eigenvalue weighted by Crippen LogP contribution is -2.62. The van der Waals surface area contributed by atoms with Gasteiger partial charge in [-0.25, -0.2) is 22.0 Å². The number of para-hydroxylation sites is 1. The van der Waals surface area contributed by atoms with E-state index in [4.69, 9.17) is 56.0 Å². The van der Waals surface area contributed by atoms with E-state index in [1.165, 1.54) is 18.3 Å². The van der Waals surface area contributed by atoms with E-state index < -0.39 is 235 Å². The van der Waals surface area contributed by atoms with Crippen LogP contribution in [0.2, 0.25) is 0 Å². The van der Waals surface area contributed by atoms with Crippen LogP contribution in [0, 0.1) is 56.6 Å². The highest BCUT2D eigenvalue weighted by Crippen LogP contribution is 2.29. The normalized spacial score (nSPS) is 14.6. The number of hydrogen-bond acceptors (Lipinski definition) is 20. The van der Waals surface area contributed by atoms with Crippen LogP contribution < -0.4 is 109 Å². The van der Waals surface area contributed by atoms with Crippen molar-refractivity contribution in [3.63, 3.8) is 0 Å². The number of guanidine groups is 4. The smallest absolute Gasteiger partial charge is 0.245 e. The third-order valence-electron chi connectivity index (χ3n) is 20.3. The van der Waals surface area contributed by atoms with Gasteiger partial charge in [-0.05, 0) is 93.7 Å². The van der Waals surface area contributed by atoms with E-state index in [2.05, 4.69) is 79.4 Å². The molecule has 0 aliphatic heterocycles. The molecule has 680 valence electrons. The quantitative estimate of drug-likeness (QED) is 0.00266. The van der Waals surface area contributed by atoms with Gasteiger partial charge in [0.25, 0.3) is 0 Å². The number of fused-ring (bicyclic) bond motifs is 1. The number of ketones is 1. The lowest BCUT2D eigenvalue weighted by molar-refractivity contribution is -0.136. The highest BCUT2D eigenvalue weighted by molar-refractivity contribution is 6.09. The van der Waals surface area contributed by atoms with E-state index in [1.807, 2.05) is 0 Å². The lowest BCUT2D eigenvalue weighted by Gasteiger charge is -2.30. The van der Waals surface area contributed by atoms with Crippen molar-refractivity contribution in [3.05, 3.63) is 142 Å². The van der Waals surface area contributed by atoms with E-state index in [0.29, 0.717) is 65.1 Å². The molecule has 4 aromatic carbocycles. The summed E-state index contributed by atoms with van der Waals surface area (Å²) >= 11 is 0. The van der Waals surface area contributed by atoms with Crippen molar-refractivity contribution in [1.29, 1.82) is 21.6 Å². The SMILES string of the molecule is N=C(N)NCCC[C@H](NC(=O)[C@@H](CCCNC(=N)N)NC(=O)[C@H](CC1CCCCC1)NC(=O)[C@@H](Cc1c(F)c(F)c(F)c(F)c1F)NC(=O)[C@H](CO)NC(=O)[C@@H](Cc1c[nH]c2ccccc12)NC(=O)[C@H](CO)NC(=O)[C@H](N)Cc1ccc(C(=O)c2ccccc2)cc1)C(=O)N[C@H](CCCNC(=N)N)C(=O)N[C@@H](CCC(N)=O)C(=O)N[C@@H](C=O)CCCNC(=N)N. The molecule has 0 radical (unpaired) electrons. The van der Waals surface area contributed by atoms with Crippen molar-refractivity contribution < 1.29 is 94.5 Å². The number of aromatic amines is 1. The van der Waals surface area contributed by atoms with Gasteiger partial charge in [0.15, 0.2) is 52.9 Å². The van der Waals surface area contributed by atoms with Gasteiger partial charge in [-0.2, -0.15) is 0 Å². The first-order valence-corrected chi connectivity index (χ1v) is 40.3. The molecule has 5 aromatic rings. The zero-order valence-electron chi connectivity index (χ0n) is 68.3. The summed E-state index contributed by atoms with van der Waals surface area (Å²) in [6, 6.07) is 1.71. The van der Waals surface area contributed by atoms with Crippen LogP contribution in [-0.4, -0.2) is 222 Å². The summed E-state index contributed by atoms with van der Waals surface area (Å²) in [5, 5.41) is 86.6. The largest absolute Gasteiger partial charge is 0.394 e. The Labute approximate surface area is 714 Å². The fraction of sp³-hybridized carbons (Fsp3) is 0.463. The van der Waals surface area contributed by atoms with Crippen LogP contribution in [0.3, 0.4) is 0 Å². The molecule has 1 aliphatic carbocycles. The average molecular weight is 1760 g/mol. The molecule has 125 heavy (non-hydrogen) atoms. The lowest BCUT2D eigenvalue weighted by atomic mass is 9.84. The fourth-order valence-corrected chi connectivity index (χ4v) is 13.7. The number of nitrogens with one attached hydrogen (secondary N) is 19. The number of aliphatic hydroxyl groups is 2. The number of primary amides is 1. The van der Waals surface area contributed by atoms with Gasteiger partial charge in [0.05, 0.1) is 25.3 Å². The Morgan fingerprint density at radius 3 is 1.26 bits per heavy atom. The average Bonchev–Trinajstić information content (AvgIpc) is 1.70. The molecular formula is C80H110F5N25O15. The molecule has 0 unspecified atom stereocenters. The Morgan fingerprint density at radius 2 is 0.800 bits per heavy atom. The van der Waals surface area contributed by atoms with Crippen LogP contribution in [0.5, 0.6) is 0 Å². The minimum atomic E-state index is -2.62. The van der Waals surface area contributed by atoms with Crippen molar-refractivity contribution in [2.75, 3.05) is 39.4 Å². The van der Waals surface area contributed by atoms with Crippen LogP contribution in [0.15, 0.2) is 85.1 Å². The van der Waals surface area contributed by atoms with Gasteiger partial charge >= 0.3 is 0 Å². The summed E-state index contributed by atoms with van der Waals surface area (Å²) in [5.74, 6) is -28.1. The van der Waals surface area contributed by atoms with Gasteiger partial charge in [0.1, 0.15) is 60.7 Å². The Balaban J connectivity index is 1.31. The third-order valence-corrected chi connectivity index (χ3v) is 20.3. The second-order valence-corrected chi connectivity index (χ2v) is 29.9. The summed E-state index contributed by atoms with van der Waals surface area (Å²) in [7, 11) is 0. The van der Waals surface area contributed by atoms with Crippen LogP contribution in [0.1, 0.15) is 135 Å². The first-order valence-electron chi connectivity index (χ1n) is 40.3. The highest BCUT2D eigenvalue weighted by atomic mass is 19.2. The number of aldehydes is 1. The summed E-state index contributed by atoms with van der Waals surface area (Å²) in [5.41, 5.74) is 34.1. The summed E-state index contributed by atoms with van der Waals surface area (Å²) in [4.78, 5) is 186. The number of carbonyl (C=O) groups excluding carboxylic acids is 13. The van der Waals surface area contributed by atoms with Crippen molar-refractivity contribution in [3.8, 4) is 0 Å². The first-order chi connectivity index (χ1) is 59.5. The molecule has 0 spiro atoms. The Bertz CT molecular complexity index is 4600. The van der Waals surface area contributed by atoms with Gasteiger partial charge in [-0.15, -0.1) is 0 Å². The van der Waals surface area contributed by atoms with Gasteiger partial charge in [-0.3, -0.25) is 79.2 Å². The molecule has 11 atom stereocenters. The molecule has 45 heteroatoms. The van der Waals surface area contributed by atoms with E-state index in [1.54, 1.807) is 66.7 Å². The predicted octanol–water partition coefficient (Wildman–Crippen LogP) is -3.23. The maximum atomic E-state index is 15.9. The molecule has 1 heterocycles. The number of rotatable bonds is 52. The molecular weight excluding hydrogens is 1650 g/mol. The Morgan fingerprint density at radius 1 is 0.424 bits per heavy atom. The molecule has 1 saturated carbocycles. The minimum Gasteiger partial charge on any atom is -0.394 e. The van der Waals surface area contributed by atoms with Crippen molar-refractivity contribution in [1.82, 2.24) is 79.4 Å². The first kappa shape index (κ1) is 100. The zero-order valence-corrected chi connectivity index (χ0v) is 68.3. The summed E-state index contributed by atoms with van der Waals surface area (Å²) in [6.45, 7) is -2.68. The number of halogens is 5. The second kappa shape index (κ2) is 50.8. The monoisotopic (exact) mass is 1760 g/mol. The third kappa shape index (κ3) is 32.7. The standard InChI is InChI=1S/C80H110F5N25O15/c81-61-48(62(82)64(84)65(85)63(61)83)36-57(108-76(125)59(40-113)110-73(122)56(35-45-37-100-50-19-8-7-18-47(45)50)107-75(124)58(39-112)109-67(116)49(86)33-42-23-25-44(26-24-42)66(115)43-15-5-2-6-16-43)74(123)106-55(34-41-13-3-1-4-14-41)72(121)104-53(22-12-32-99-80(94)95)70(119)102-51(20-10-30-97-78(90)91)69(118)103-52(21-11-31-98-79(92)93)71(120)105-54(27-28-60(87)114)68(117)101-46(38-111)17-9-29-96-77(88)89/h2,5-8,15-16,18-19,23-26,37-38,41,46,49,51-59,100,112-113H,1,3-4,9-14,17,20-22,27-36,39-40,86H2,(H2,87,114)(H,101,117)(H,102,119)(H,103,118)(H,104,121)(H,105,120)(H,106,123)(H,107,124)(H,108,125)(H,109,116)(H,110,122)(H4,88,89,96)(H4,90,91,97)(H4,92,93,98)(H4,94,95,99)/t46-,49-,51+,52-,53-,54+,55+,56-,57-,58+,59+/m1/s1. The van der Waals surface area contributed by atoms with E-state index >= 15 is 31.9 Å². The molecule has 1 fully saturated rings. The molecule has 0 bridgehead atoms. The van der Waals surface area contributed by atoms with Crippen LogP contribution in [-0.2, 0) is 76.8 Å². The van der Waals surface area contributed by atoms with Gasteiger partial charge < -0.3 is 129 Å². The number of H-pyrrole nitrogens is 1. The van der Waals surface area contributed by atoms with E-state index in [9.17, 15) is 62.5 Å². The minimum absolute atomic E-state index is 0.0221. The number of aliphatic hydroxyl groups excluding tert-OH is 2. The molecule has 11 amide bonds. The van der Waals surface area contributed by atoms with E-state index in [0.717, 1.165) is 6.42 Å². The second-order valence-electron chi connectivity index (χ2n) is 29.9. The van der Waals surface area contributed by atoms with E-state index in [-0.39, 0.29) is 95.7 Å². The number of nitrogens with two attached hydrogens (primary N) is 6. The van der Waals surface area contributed by atoms with Crippen LogP contribution in [0.25, 0.3) is 10.9 Å².